The fraction of sp³-hybridized carbons (Fsp3) is 0.125. The molecule has 0 aliphatic heterocycles. The normalized spacial score (nSPS) is 12.8. The smallest absolute Gasteiger partial charge is 0.126 e. The van der Waals surface area contributed by atoms with Crippen LogP contribution in [0.15, 0.2) is 42.5 Å². The SMILES string of the molecule is OC(Cc1cc(F)ccc1F)c1cc2ccc(F)cc2s1. The van der Waals surface area contributed by atoms with Crippen LogP contribution < -0.4 is 0 Å². The fourth-order valence-electron chi connectivity index (χ4n) is 2.20. The Hall–Kier alpha value is -1.85. The molecular formula is C16H11F3OS. The van der Waals surface area contributed by atoms with Crippen LogP contribution in [0, 0.1) is 17.5 Å². The molecule has 1 N–H and O–H groups in total. The van der Waals surface area contributed by atoms with Crippen LogP contribution in [0.3, 0.4) is 0 Å². The predicted octanol–water partition coefficient (Wildman–Crippen LogP) is 4.59. The Morgan fingerprint density at radius 2 is 1.67 bits per heavy atom. The third-order valence-corrected chi connectivity index (χ3v) is 4.45. The zero-order chi connectivity index (χ0) is 15.0. The maximum absolute atomic E-state index is 13.6. The van der Waals surface area contributed by atoms with Crippen molar-refractivity contribution in [3.63, 3.8) is 0 Å². The third-order valence-electron chi connectivity index (χ3n) is 3.25. The van der Waals surface area contributed by atoms with E-state index in [0.717, 1.165) is 23.6 Å². The van der Waals surface area contributed by atoms with E-state index in [2.05, 4.69) is 0 Å². The molecule has 1 aromatic heterocycles. The Kier molecular flexibility index (Phi) is 3.69. The number of hydrogen-bond acceptors (Lipinski definition) is 2. The number of rotatable bonds is 3. The minimum absolute atomic E-state index is 0.0289. The second-order valence-corrected chi connectivity index (χ2v) is 5.90. The number of hydrogen-bond donors (Lipinski definition) is 1. The summed E-state index contributed by atoms with van der Waals surface area (Å²) in [6, 6.07) is 9.24. The Morgan fingerprint density at radius 1 is 0.952 bits per heavy atom. The van der Waals surface area contributed by atoms with Gasteiger partial charge in [0, 0.05) is 16.0 Å². The van der Waals surface area contributed by atoms with Crippen molar-refractivity contribution >= 4 is 21.4 Å². The molecule has 3 rings (SSSR count). The van der Waals surface area contributed by atoms with E-state index < -0.39 is 17.7 Å². The number of aliphatic hydroxyl groups excluding tert-OH is 1. The van der Waals surface area contributed by atoms with Crippen LogP contribution in [0.1, 0.15) is 16.5 Å². The van der Waals surface area contributed by atoms with Crippen molar-refractivity contribution in [2.75, 3.05) is 0 Å². The second-order valence-electron chi connectivity index (χ2n) is 4.79. The Bertz CT molecular complexity index is 797. The summed E-state index contributed by atoms with van der Waals surface area (Å²) in [6.45, 7) is 0. The number of halogens is 3. The summed E-state index contributed by atoms with van der Waals surface area (Å²) in [4.78, 5) is 0.597. The van der Waals surface area contributed by atoms with Crippen molar-refractivity contribution in [3.05, 3.63) is 70.4 Å². The molecule has 0 saturated heterocycles. The van der Waals surface area contributed by atoms with Gasteiger partial charge in [0.15, 0.2) is 0 Å². The van der Waals surface area contributed by atoms with Crippen LogP contribution in [0.4, 0.5) is 13.2 Å². The lowest BCUT2D eigenvalue weighted by Crippen LogP contribution is -2.02. The number of fused-ring (bicyclic) bond motifs is 1. The molecule has 0 spiro atoms. The summed E-state index contributed by atoms with van der Waals surface area (Å²) >= 11 is 1.24. The van der Waals surface area contributed by atoms with Crippen molar-refractivity contribution in [3.8, 4) is 0 Å². The number of benzene rings is 2. The number of thiophene rings is 1. The molecule has 0 aliphatic carbocycles. The molecule has 2 aromatic carbocycles. The van der Waals surface area contributed by atoms with Gasteiger partial charge in [0.05, 0.1) is 6.10 Å². The van der Waals surface area contributed by atoms with Gasteiger partial charge in [-0.3, -0.25) is 0 Å². The van der Waals surface area contributed by atoms with Crippen molar-refractivity contribution < 1.29 is 18.3 Å². The first-order chi connectivity index (χ1) is 10.0. The Labute approximate surface area is 123 Å². The first-order valence-corrected chi connectivity index (χ1v) is 7.15. The van der Waals surface area contributed by atoms with E-state index in [1.165, 1.54) is 23.5 Å². The largest absolute Gasteiger partial charge is 0.387 e. The summed E-state index contributed by atoms with van der Waals surface area (Å²) < 4.78 is 40.6. The van der Waals surface area contributed by atoms with Gasteiger partial charge in [-0.2, -0.15) is 0 Å². The van der Waals surface area contributed by atoms with Gasteiger partial charge >= 0.3 is 0 Å². The van der Waals surface area contributed by atoms with Gasteiger partial charge < -0.3 is 5.11 Å². The highest BCUT2D eigenvalue weighted by molar-refractivity contribution is 7.19. The fourth-order valence-corrected chi connectivity index (χ4v) is 3.27. The maximum Gasteiger partial charge on any atom is 0.126 e. The van der Waals surface area contributed by atoms with Gasteiger partial charge in [-0.25, -0.2) is 13.2 Å². The summed E-state index contributed by atoms with van der Waals surface area (Å²) in [5.41, 5.74) is 0.117. The topological polar surface area (TPSA) is 20.2 Å². The van der Waals surface area contributed by atoms with Crippen LogP contribution >= 0.6 is 11.3 Å². The molecule has 0 aliphatic rings. The Morgan fingerprint density at radius 3 is 2.48 bits per heavy atom. The molecule has 1 atom stereocenters. The van der Waals surface area contributed by atoms with Crippen LogP contribution in [-0.2, 0) is 6.42 Å². The zero-order valence-corrected chi connectivity index (χ0v) is 11.6. The second kappa shape index (κ2) is 5.50. The van der Waals surface area contributed by atoms with E-state index >= 15 is 0 Å². The lowest BCUT2D eigenvalue weighted by Gasteiger charge is -2.09. The average Bonchev–Trinajstić information content (AvgIpc) is 2.86. The molecule has 5 heteroatoms. The molecule has 0 fully saturated rings. The minimum atomic E-state index is -0.957. The average molecular weight is 308 g/mol. The van der Waals surface area contributed by atoms with Gasteiger partial charge in [0.25, 0.3) is 0 Å². The van der Waals surface area contributed by atoms with E-state index in [4.69, 9.17) is 0 Å². The van der Waals surface area contributed by atoms with Crippen LogP contribution in [-0.4, -0.2) is 5.11 Å². The molecule has 0 amide bonds. The monoisotopic (exact) mass is 308 g/mol. The van der Waals surface area contributed by atoms with Crippen LogP contribution in [0.2, 0.25) is 0 Å². The van der Waals surface area contributed by atoms with E-state index in [1.807, 2.05) is 0 Å². The molecule has 1 heterocycles. The van der Waals surface area contributed by atoms with Gasteiger partial charge in [-0.15, -0.1) is 11.3 Å². The van der Waals surface area contributed by atoms with Crippen molar-refractivity contribution in [1.29, 1.82) is 0 Å². The van der Waals surface area contributed by atoms with E-state index in [1.54, 1.807) is 12.1 Å². The summed E-state index contributed by atoms with van der Waals surface area (Å²) in [5, 5.41) is 11.0. The summed E-state index contributed by atoms with van der Waals surface area (Å²) in [5.74, 6) is -1.44. The lowest BCUT2D eigenvalue weighted by molar-refractivity contribution is 0.181. The highest BCUT2D eigenvalue weighted by atomic mass is 32.1. The highest BCUT2D eigenvalue weighted by Crippen LogP contribution is 2.32. The van der Waals surface area contributed by atoms with E-state index in [9.17, 15) is 18.3 Å². The van der Waals surface area contributed by atoms with Crippen molar-refractivity contribution in [1.82, 2.24) is 0 Å². The quantitative estimate of drug-likeness (QED) is 0.750. The van der Waals surface area contributed by atoms with E-state index in [-0.39, 0.29) is 17.8 Å². The Balaban J connectivity index is 1.89. The molecule has 1 nitrogen and oxygen atoms in total. The van der Waals surface area contributed by atoms with Crippen LogP contribution in [0.25, 0.3) is 10.1 Å². The predicted molar refractivity (Wildman–Crippen MR) is 76.8 cm³/mol. The standard InChI is InChI=1S/C16H11F3OS/c17-11-3-4-13(19)10(5-11)6-14(20)16-7-9-1-2-12(18)8-15(9)21-16/h1-5,7-8,14,20H,6H2. The summed E-state index contributed by atoms with van der Waals surface area (Å²) in [7, 11) is 0. The summed E-state index contributed by atoms with van der Waals surface area (Å²) in [6.07, 6.45) is -0.986. The zero-order valence-electron chi connectivity index (χ0n) is 10.8. The minimum Gasteiger partial charge on any atom is -0.387 e. The molecule has 1 unspecified atom stereocenters. The molecule has 0 radical (unpaired) electrons. The van der Waals surface area contributed by atoms with E-state index in [0.29, 0.717) is 9.58 Å². The molecule has 108 valence electrons. The van der Waals surface area contributed by atoms with Gasteiger partial charge in [-0.05, 0) is 47.3 Å². The maximum atomic E-state index is 13.6. The molecule has 21 heavy (non-hydrogen) atoms. The van der Waals surface area contributed by atoms with Crippen molar-refractivity contribution in [2.45, 2.75) is 12.5 Å². The molecule has 3 aromatic rings. The third kappa shape index (κ3) is 2.94. The molecule has 0 saturated carbocycles. The first-order valence-electron chi connectivity index (χ1n) is 6.34. The number of aliphatic hydroxyl groups is 1. The van der Waals surface area contributed by atoms with Gasteiger partial charge in [-0.1, -0.05) is 6.07 Å². The van der Waals surface area contributed by atoms with Gasteiger partial charge in [0.2, 0.25) is 0 Å². The van der Waals surface area contributed by atoms with Crippen LogP contribution in [0.5, 0.6) is 0 Å². The molecule has 0 bridgehead atoms. The lowest BCUT2D eigenvalue weighted by atomic mass is 10.1. The van der Waals surface area contributed by atoms with Crippen molar-refractivity contribution in [2.24, 2.45) is 0 Å². The highest BCUT2D eigenvalue weighted by Gasteiger charge is 2.15. The molecular weight excluding hydrogens is 297 g/mol. The first kappa shape index (κ1) is 14.1. The van der Waals surface area contributed by atoms with Gasteiger partial charge in [0.1, 0.15) is 17.5 Å².